The highest BCUT2D eigenvalue weighted by Gasteiger charge is 2.33. The van der Waals surface area contributed by atoms with Gasteiger partial charge in [-0.1, -0.05) is 0 Å². The number of hydrogen-bond acceptors (Lipinski definition) is 4. The molecule has 7 heteroatoms. The Morgan fingerprint density at radius 3 is 1.67 bits per heavy atom. The Morgan fingerprint density at radius 1 is 0.778 bits per heavy atom. The first-order valence-corrected chi connectivity index (χ1v) is 10.8. The van der Waals surface area contributed by atoms with E-state index < -0.39 is 10.0 Å². The smallest absolute Gasteiger partial charge is 0.243 e. The molecule has 0 bridgehead atoms. The fourth-order valence-electron chi connectivity index (χ4n) is 3.60. The van der Waals surface area contributed by atoms with Crippen LogP contribution in [0.1, 0.15) is 47.6 Å². The van der Waals surface area contributed by atoms with Crippen molar-refractivity contribution in [3.8, 4) is 0 Å². The van der Waals surface area contributed by atoms with E-state index in [4.69, 9.17) is 0 Å². The molecular formula is C20H30N2O4S. The lowest BCUT2D eigenvalue weighted by Gasteiger charge is -2.35. The third-order valence-corrected chi connectivity index (χ3v) is 7.98. The minimum Gasteiger partial charge on any atom is -0.340 e. The van der Waals surface area contributed by atoms with Crippen LogP contribution in [0.15, 0.2) is 4.90 Å². The summed E-state index contributed by atoms with van der Waals surface area (Å²) in [7, 11) is -3.62. The van der Waals surface area contributed by atoms with E-state index in [2.05, 4.69) is 0 Å². The molecule has 1 aliphatic heterocycles. The molecule has 0 N–H and O–H groups in total. The summed E-state index contributed by atoms with van der Waals surface area (Å²) < 4.78 is 28.1. The van der Waals surface area contributed by atoms with E-state index in [0.717, 1.165) is 27.8 Å². The van der Waals surface area contributed by atoms with E-state index in [-0.39, 0.29) is 37.6 Å². The van der Waals surface area contributed by atoms with Crippen molar-refractivity contribution in [3.63, 3.8) is 0 Å². The molecule has 0 radical (unpaired) electrons. The van der Waals surface area contributed by atoms with Crippen LogP contribution in [0.4, 0.5) is 0 Å². The van der Waals surface area contributed by atoms with Gasteiger partial charge in [-0.15, -0.1) is 0 Å². The number of ketones is 1. The van der Waals surface area contributed by atoms with Crippen molar-refractivity contribution in [2.24, 2.45) is 0 Å². The van der Waals surface area contributed by atoms with Crippen LogP contribution in [0.2, 0.25) is 0 Å². The Morgan fingerprint density at radius 2 is 1.22 bits per heavy atom. The van der Waals surface area contributed by atoms with Gasteiger partial charge in [0.25, 0.3) is 0 Å². The summed E-state index contributed by atoms with van der Waals surface area (Å²) in [5.74, 6) is -0.0998. The molecule has 0 aliphatic carbocycles. The molecule has 2 rings (SSSR count). The van der Waals surface area contributed by atoms with Gasteiger partial charge in [0.05, 0.1) is 4.90 Å². The lowest BCUT2D eigenvalue weighted by Crippen LogP contribution is -2.50. The molecule has 1 saturated heterocycles. The number of rotatable bonds is 5. The second-order valence-corrected chi connectivity index (χ2v) is 9.32. The van der Waals surface area contributed by atoms with Gasteiger partial charge in [0.2, 0.25) is 15.9 Å². The van der Waals surface area contributed by atoms with Gasteiger partial charge in [-0.05, 0) is 69.4 Å². The normalized spacial score (nSPS) is 15.9. The highest BCUT2D eigenvalue weighted by atomic mass is 32.2. The molecule has 0 unspecified atom stereocenters. The monoisotopic (exact) mass is 394 g/mol. The second-order valence-electron chi connectivity index (χ2n) is 7.44. The van der Waals surface area contributed by atoms with Gasteiger partial charge >= 0.3 is 0 Å². The van der Waals surface area contributed by atoms with Gasteiger partial charge in [-0.2, -0.15) is 4.31 Å². The number of piperazine rings is 1. The van der Waals surface area contributed by atoms with Crippen LogP contribution >= 0.6 is 0 Å². The van der Waals surface area contributed by atoms with E-state index in [1.807, 2.05) is 34.6 Å². The quantitative estimate of drug-likeness (QED) is 0.769. The zero-order valence-electron chi connectivity index (χ0n) is 17.2. The predicted octanol–water partition coefficient (Wildman–Crippen LogP) is 2.43. The lowest BCUT2D eigenvalue weighted by molar-refractivity contribution is -0.134. The maximum Gasteiger partial charge on any atom is 0.243 e. The van der Waals surface area contributed by atoms with Crippen molar-refractivity contribution in [1.82, 2.24) is 9.21 Å². The van der Waals surface area contributed by atoms with Crippen LogP contribution in [-0.2, 0) is 19.6 Å². The molecule has 1 aromatic rings. The van der Waals surface area contributed by atoms with Crippen LogP contribution in [0.25, 0.3) is 0 Å². The Hall–Kier alpha value is -1.73. The number of sulfonamides is 1. The molecule has 0 atom stereocenters. The van der Waals surface area contributed by atoms with E-state index in [0.29, 0.717) is 18.0 Å². The molecule has 1 aliphatic rings. The molecule has 150 valence electrons. The Labute approximate surface area is 162 Å². The third kappa shape index (κ3) is 4.24. The summed E-state index contributed by atoms with van der Waals surface area (Å²) in [6.45, 7) is 12.4. The van der Waals surface area contributed by atoms with Gasteiger partial charge in [0.1, 0.15) is 5.78 Å². The second kappa shape index (κ2) is 8.10. The van der Waals surface area contributed by atoms with Crippen LogP contribution < -0.4 is 0 Å². The largest absolute Gasteiger partial charge is 0.340 e. The van der Waals surface area contributed by atoms with Gasteiger partial charge in [-0.3, -0.25) is 4.79 Å². The van der Waals surface area contributed by atoms with Crippen LogP contribution in [0.3, 0.4) is 0 Å². The number of carbonyl (C=O) groups excluding carboxylic acids is 2. The molecule has 1 fully saturated rings. The summed E-state index contributed by atoms with van der Waals surface area (Å²) in [5, 5.41) is 0. The average molecular weight is 395 g/mol. The summed E-state index contributed by atoms with van der Waals surface area (Å²) in [6, 6.07) is 0. The number of nitrogens with zero attached hydrogens (tertiary/aromatic N) is 2. The van der Waals surface area contributed by atoms with E-state index in [1.54, 1.807) is 4.90 Å². The minimum absolute atomic E-state index is 0.0133. The van der Waals surface area contributed by atoms with E-state index >= 15 is 0 Å². The average Bonchev–Trinajstić information content (AvgIpc) is 2.62. The Kier molecular flexibility index (Phi) is 6.47. The highest BCUT2D eigenvalue weighted by molar-refractivity contribution is 7.89. The number of carbonyl (C=O) groups is 2. The Balaban J connectivity index is 2.21. The van der Waals surface area contributed by atoms with Gasteiger partial charge in [0, 0.05) is 39.0 Å². The number of benzene rings is 1. The molecule has 0 aromatic heterocycles. The zero-order valence-corrected chi connectivity index (χ0v) is 18.0. The summed E-state index contributed by atoms with van der Waals surface area (Å²) in [6.07, 6.45) is 0.425. The van der Waals surface area contributed by atoms with E-state index in [1.165, 1.54) is 11.2 Å². The molecule has 1 amide bonds. The molecule has 1 heterocycles. The lowest BCUT2D eigenvalue weighted by atomic mass is 9.95. The first-order valence-electron chi connectivity index (χ1n) is 9.32. The van der Waals surface area contributed by atoms with Crippen LogP contribution in [0.5, 0.6) is 0 Å². The molecule has 1 aromatic carbocycles. The van der Waals surface area contributed by atoms with Gasteiger partial charge in [-0.25, -0.2) is 8.42 Å². The summed E-state index contributed by atoms with van der Waals surface area (Å²) >= 11 is 0. The third-order valence-electron chi connectivity index (χ3n) is 5.81. The zero-order chi connectivity index (χ0) is 20.5. The fraction of sp³-hybridized carbons (Fsp3) is 0.600. The number of Topliss-reactive ketones (excluding diaryl/α,β-unsaturated/α-hetero) is 1. The van der Waals surface area contributed by atoms with Crippen LogP contribution in [-0.4, -0.2) is 55.5 Å². The molecule has 0 spiro atoms. The van der Waals surface area contributed by atoms with Gasteiger partial charge < -0.3 is 9.69 Å². The minimum atomic E-state index is -3.62. The maximum atomic E-state index is 13.3. The summed E-state index contributed by atoms with van der Waals surface area (Å²) in [5.41, 5.74) is 4.75. The molecular weight excluding hydrogens is 364 g/mol. The predicted molar refractivity (Wildman–Crippen MR) is 105 cm³/mol. The standard InChI is InChI=1S/C20H30N2O4S/c1-13(23)7-8-19(24)21-9-11-22(12-10-21)27(25,26)20-17(5)15(3)14(2)16(4)18(20)6/h7-12H2,1-6H3. The topological polar surface area (TPSA) is 74.8 Å². The maximum absolute atomic E-state index is 13.3. The van der Waals surface area contributed by atoms with E-state index in [9.17, 15) is 18.0 Å². The van der Waals surface area contributed by atoms with Gasteiger partial charge in [0.15, 0.2) is 0 Å². The molecule has 0 saturated carbocycles. The number of hydrogen-bond donors (Lipinski definition) is 0. The molecule has 6 nitrogen and oxygen atoms in total. The SMILES string of the molecule is CC(=O)CCC(=O)N1CCN(S(=O)(=O)c2c(C)c(C)c(C)c(C)c2C)CC1. The summed E-state index contributed by atoms with van der Waals surface area (Å²) in [4.78, 5) is 25.3. The van der Waals surface area contributed by atoms with Crippen molar-refractivity contribution in [3.05, 3.63) is 27.8 Å². The van der Waals surface area contributed by atoms with Crippen molar-refractivity contribution in [2.75, 3.05) is 26.2 Å². The van der Waals surface area contributed by atoms with Crippen molar-refractivity contribution < 1.29 is 18.0 Å². The first-order chi connectivity index (χ1) is 12.5. The van der Waals surface area contributed by atoms with Crippen molar-refractivity contribution in [1.29, 1.82) is 0 Å². The Bertz CT molecular complexity index is 837. The van der Waals surface area contributed by atoms with Crippen molar-refractivity contribution >= 4 is 21.7 Å². The fourth-order valence-corrected chi connectivity index (χ4v) is 5.58. The van der Waals surface area contributed by atoms with Crippen LogP contribution in [0, 0.1) is 34.6 Å². The van der Waals surface area contributed by atoms with Crippen molar-refractivity contribution in [2.45, 2.75) is 59.3 Å². The molecule has 27 heavy (non-hydrogen) atoms. The first kappa shape index (κ1) is 21.6. The number of amides is 1. The highest BCUT2D eigenvalue weighted by Crippen LogP contribution is 2.31.